The molecule has 5 heteroatoms. The van der Waals surface area contributed by atoms with Crippen molar-refractivity contribution in [2.24, 2.45) is 5.73 Å². The number of hydrogen-bond acceptors (Lipinski definition) is 2. The molecule has 16 heavy (non-hydrogen) atoms. The van der Waals surface area contributed by atoms with Crippen LogP contribution in [0.25, 0.3) is 0 Å². The Kier molecular flexibility index (Phi) is 2.99. The molecule has 0 unspecified atom stereocenters. The van der Waals surface area contributed by atoms with Crippen LogP contribution in [-0.2, 0) is 4.79 Å². The molecule has 0 radical (unpaired) electrons. The van der Waals surface area contributed by atoms with Crippen LogP contribution < -0.4 is 11.1 Å². The summed E-state index contributed by atoms with van der Waals surface area (Å²) in [5, 5.41) is 2.70. The van der Waals surface area contributed by atoms with Crippen LogP contribution in [0.5, 0.6) is 0 Å². The number of amides is 1. The van der Waals surface area contributed by atoms with Crippen LogP contribution in [0.3, 0.4) is 0 Å². The molecule has 1 amide bonds. The summed E-state index contributed by atoms with van der Waals surface area (Å²) >= 11 is 3.19. The molecule has 1 aromatic carbocycles. The van der Waals surface area contributed by atoms with Crippen molar-refractivity contribution in [3.8, 4) is 0 Å². The molecule has 0 aromatic heterocycles. The summed E-state index contributed by atoms with van der Waals surface area (Å²) in [5.41, 5.74) is 5.68. The Morgan fingerprint density at radius 2 is 2.19 bits per heavy atom. The standard InChI is InChI=1S/C11H12BrFN2O/c12-8-6-7(13)2-3-9(8)15-10(16)11(14)4-1-5-11/h2-3,6H,1,4-5,14H2,(H,15,16). The Morgan fingerprint density at radius 1 is 1.50 bits per heavy atom. The number of carbonyl (C=O) groups is 1. The van der Waals surface area contributed by atoms with Crippen LogP contribution in [0, 0.1) is 5.82 Å². The van der Waals surface area contributed by atoms with Gasteiger partial charge < -0.3 is 11.1 Å². The van der Waals surface area contributed by atoms with Crippen molar-refractivity contribution in [3.63, 3.8) is 0 Å². The van der Waals surface area contributed by atoms with Gasteiger partial charge in [0, 0.05) is 4.47 Å². The van der Waals surface area contributed by atoms with Gasteiger partial charge in [-0.1, -0.05) is 0 Å². The van der Waals surface area contributed by atoms with Crippen LogP contribution in [0.15, 0.2) is 22.7 Å². The third-order valence-corrected chi connectivity index (χ3v) is 3.53. The lowest BCUT2D eigenvalue weighted by Gasteiger charge is -2.36. The summed E-state index contributed by atoms with van der Waals surface area (Å²) < 4.78 is 13.3. The highest BCUT2D eigenvalue weighted by atomic mass is 79.9. The summed E-state index contributed by atoms with van der Waals surface area (Å²) in [6.07, 6.45) is 2.39. The molecule has 0 atom stereocenters. The maximum absolute atomic E-state index is 12.8. The van der Waals surface area contributed by atoms with Crippen molar-refractivity contribution in [1.82, 2.24) is 0 Å². The lowest BCUT2D eigenvalue weighted by molar-refractivity contribution is -0.123. The normalized spacial score (nSPS) is 17.7. The summed E-state index contributed by atoms with van der Waals surface area (Å²) in [4.78, 5) is 11.8. The number of nitrogens with one attached hydrogen (secondary N) is 1. The predicted octanol–water partition coefficient (Wildman–Crippen LogP) is 2.41. The van der Waals surface area contributed by atoms with E-state index < -0.39 is 5.54 Å². The number of hydrogen-bond donors (Lipinski definition) is 2. The molecule has 1 aliphatic carbocycles. The molecule has 1 fully saturated rings. The van der Waals surface area contributed by atoms with Crippen LogP contribution in [-0.4, -0.2) is 11.4 Å². The quantitative estimate of drug-likeness (QED) is 0.877. The first-order valence-electron chi connectivity index (χ1n) is 5.07. The van der Waals surface area contributed by atoms with Crippen molar-refractivity contribution < 1.29 is 9.18 Å². The predicted molar refractivity (Wildman–Crippen MR) is 63.5 cm³/mol. The first-order valence-corrected chi connectivity index (χ1v) is 5.86. The molecular weight excluding hydrogens is 275 g/mol. The Balaban J connectivity index is 2.12. The van der Waals surface area contributed by atoms with Gasteiger partial charge in [0.1, 0.15) is 5.82 Å². The second-order valence-electron chi connectivity index (χ2n) is 4.09. The van der Waals surface area contributed by atoms with Gasteiger partial charge in [-0.2, -0.15) is 0 Å². The fraction of sp³-hybridized carbons (Fsp3) is 0.364. The van der Waals surface area contributed by atoms with E-state index in [2.05, 4.69) is 21.2 Å². The number of carbonyl (C=O) groups excluding carboxylic acids is 1. The van der Waals surface area contributed by atoms with Crippen molar-refractivity contribution in [1.29, 1.82) is 0 Å². The maximum Gasteiger partial charge on any atom is 0.244 e. The minimum absolute atomic E-state index is 0.203. The third-order valence-electron chi connectivity index (χ3n) is 2.88. The van der Waals surface area contributed by atoms with Gasteiger partial charge in [-0.25, -0.2) is 4.39 Å². The minimum Gasteiger partial charge on any atom is -0.323 e. The van der Waals surface area contributed by atoms with Gasteiger partial charge in [-0.15, -0.1) is 0 Å². The van der Waals surface area contributed by atoms with E-state index in [1.54, 1.807) is 0 Å². The number of benzene rings is 1. The highest BCUT2D eigenvalue weighted by Crippen LogP contribution is 2.31. The smallest absolute Gasteiger partial charge is 0.244 e. The summed E-state index contributed by atoms with van der Waals surface area (Å²) in [6.45, 7) is 0. The molecule has 0 bridgehead atoms. The molecule has 1 aromatic rings. The monoisotopic (exact) mass is 286 g/mol. The first-order chi connectivity index (χ1) is 7.51. The van der Waals surface area contributed by atoms with Crippen molar-refractivity contribution in [2.75, 3.05) is 5.32 Å². The Bertz CT molecular complexity index is 432. The molecule has 0 heterocycles. The summed E-state index contributed by atoms with van der Waals surface area (Å²) in [5.74, 6) is -0.554. The van der Waals surface area contributed by atoms with Crippen LogP contribution >= 0.6 is 15.9 Å². The minimum atomic E-state index is -0.742. The van der Waals surface area contributed by atoms with Crippen LogP contribution in [0.4, 0.5) is 10.1 Å². The topological polar surface area (TPSA) is 55.1 Å². The third kappa shape index (κ3) is 2.10. The number of halogens is 2. The van der Waals surface area contributed by atoms with Gasteiger partial charge in [-0.3, -0.25) is 4.79 Å². The summed E-state index contributed by atoms with van der Waals surface area (Å²) in [7, 11) is 0. The van der Waals surface area contributed by atoms with Crippen molar-refractivity contribution in [2.45, 2.75) is 24.8 Å². The number of anilines is 1. The average molecular weight is 287 g/mol. The number of nitrogens with two attached hydrogens (primary N) is 1. The zero-order chi connectivity index (χ0) is 11.8. The van der Waals surface area contributed by atoms with Gasteiger partial charge in [0.2, 0.25) is 5.91 Å². The van der Waals surface area contributed by atoms with Gasteiger partial charge in [-0.05, 0) is 53.4 Å². The van der Waals surface area contributed by atoms with E-state index in [1.165, 1.54) is 18.2 Å². The molecule has 0 saturated heterocycles. The van der Waals surface area contributed by atoms with Crippen LogP contribution in [0.2, 0.25) is 0 Å². The molecule has 86 valence electrons. The van der Waals surface area contributed by atoms with E-state index in [1.807, 2.05) is 0 Å². The van der Waals surface area contributed by atoms with Crippen molar-refractivity contribution >= 4 is 27.5 Å². The molecule has 0 aliphatic heterocycles. The van der Waals surface area contributed by atoms with E-state index in [9.17, 15) is 9.18 Å². The fourth-order valence-corrected chi connectivity index (χ4v) is 2.07. The van der Waals surface area contributed by atoms with E-state index >= 15 is 0 Å². The van der Waals surface area contributed by atoms with E-state index in [0.29, 0.717) is 23.0 Å². The second kappa shape index (κ2) is 4.14. The van der Waals surface area contributed by atoms with E-state index in [-0.39, 0.29) is 11.7 Å². The lowest BCUT2D eigenvalue weighted by Crippen LogP contribution is -2.56. The molecule has 1 aliphatic rings. The zero-order valence-corrected chi connectivity index (χ0v) is 10.2. The Hall–Kier alpha value is -0.940. The Morgan fingerprint density at radius 3 is 2.69 bits per heavy atom. The highest BCUT2D eigenvalue weighted by Gasteiger charge is 2.40. The van der Waals surface area contributed by atoms with Gasteiger partial charge in [0.15, 0.2) is 0 Å². The van der Waals surface area contributed by atoms with Gasteiger partial charge >= 0.3 is 0 Å². The highest BCUT2D eigenvalue weighted by molar-refractivity contribution is 9.10. The molecule has 0 spiro atoms. The van der Waals surface area contributed by atoms with E-state index in [4.69, 9.17) is 5.73 Å². The average Bonchev–Trinajstić information content (AvgIpc) is 2.18. The Labute approximate surface area is 101 Å². The van der Waals surface area contributed by atoms with Gasteiger partial charge in [0.25, 0.3) is 0 Å². The zero-order valence-electron chi connectivity index (χ0n) is 8.59. The van der Waals surface area contributed by atoms with E-state index in [0.717, 1.165) is 6.42 Å². The molecule has 3 nitrogen and oxygen atoms in total. The molecular formula is C11H12BrFN2O. The summed E-state index contributed by atoms with van der Waals surface area (Å²) in [6, 6.07) is 4.11. The molecule has 2 rings (SSSR count). The molecule has 3 N–H and O–H groups in total. The van der Waals surface area contributed by atoms with Crippen LogP contribution in [0.1, 0.15) is 19.3 Å². The first kappa shape index (κ1) is 11.5. The lowest BCUT2D eigenvalue weighted by atomic mass is 9.77. The SMILES string of the molecule is NC1(C(=O)Nc2ccc(F)cc2Br)CCC1. The second-order valence-corrected chi connectivity index (χ2v) is 4.94. The largest absolute Gasteiger partial charge is 0.323 e. The maximum atomic E-state index is 12.8. The van der Waals surface area contributed by atoms with Gasteiger partial charge in [0.05, 0.1) is 11.2 Å². The number of rotatable bonds is 2. The van der Waals surface area contributed by atoms with Crippen molar-refractivity contribution in [3.05, 3.63) is 28.5 Å². The fourth-order valence-electron chi connectivity index (χ4n) is 1.62. The molecule has 1 saturated carbocycles.